The van der Waals surface area contributed by atoms with E-state index < -0.39 is 0 Å². The number of hydrogen-bond acceptors (Lipinski definition) is 7. The van der Waals surface area contributed by atoms with Crippen molar-refractivity contribution < 1.29 is 18.9 Å². The molecule has 0 spiro atoms. The van der Waals surface area contributed by atoms with E-state index in [4.69, 9.17) is 23.9 Å². The molecule has 4 aromatic rings. The van der Waals surface area contributed by atoms with Gasteiger partial charge in [-0.15, -0.1) is 0 Å². The highest BCUT2D eigenvalue weighted by Gasteiger charge is 2.16. The normalized spacial score (nSPS) is 12.4. The van der Waals surface area contributed by atoms with Crippen LogP contribution in [0.4, 0.5) is 0 Å². The number of aryl methyl sites for hydroxylation is 1. The fourth-order valence-electron chi connectivity index (χ4n) is 4.08. The summed E-state index contributed by atoms with van der Waals surface area (Å²) in [4.78, 5) is 18.0. The molecular weight excluding hydrogens is 665 g/mol. The van der Waals surface area contributed by atoms with Gasteiger partial charge in [-0.25, -0.2) is 4.98 Å². The molecule has 0 bridgehead atoms. The van der Waals surface area contributed by atoms with Gasteiger partial charge in [-0.2, -0.15) is 9.78 Å². The minimum Gasteiger partial charge on any atom is -0.490 e. The number of rotatable bonds is 9. The van der Waals surface area contributed by atoms with E-state index in [9.17, 15) is 4.79 Å². The van der Waals surface area contributed by atoms with Gasteiger partial charge in [0, 0.05) is 10.9 Å². The predicted octanol–water partition coefficient (Wildman–Crippen LogP) is 6.30. The van der Waals surface area contributed by atoms with Gasteiger partial charge in [-0.3, -0.25) is 4.79 Å². The van der Waals surface area contributed by atoms with Crippen molar-refractivity contribution in [3.8, 4) is 23.0 Å². The van der Waals surface area contributed by atoms with E-state index in [1.54, 1.807) is 12.3 Å². The fourth-order valence-corrected chi connectivity index (χ4v) is 5.22. The molecule has 0 fully saturated rings. The summed E-state index contributed by atoms with van der Waals surface area (Å²) in [5.74, 6) is 3.31. The lowest BCUT2D eigenvalue weighted by Crippen LogP contribution is -2.22. The molecule has 8 nitrogen and oxygen atoms in total. The van der Waals surface area contributed by atoms with Crippen LogP contribution in [0.5, 0.6) is 23.0 Å². The quantitative estimate of drug-likeness (QED) is 0.152. The Kier molecular flexibility index (Phi) is 8.18. The second-order valence-corrected chi connectivity index (χ2v) is 10.6. The van der Waals surface area contributed by atoms with Gasteiger partial charge in [-0.05, 0) is 89.5 Å². The Morgan fingerprint density at radius 1 is 1.11 bits per heavy atom. The molecule has 196 valence electrons. The lowest BCUT2D eigenvalue weighted by atomic mass is 10.2. The second-order valence-electron chi connectivity index (χ2n) is 8.54. The van der Waals surface area contributed by atoms with Crippen molar-refractivity contribution in [2.45, 2.75) is 33.3 Å². The maximum atomic E-state index is 13.3. The highest BCUT2D eigenvalue weighted by atomic mass is 127. The summed E-state index contributed by atoms with van der Waals surface area (Å²) in [5, 5.41) is 5.06. The molecule has 0 N–H and O–H groups in total. The lowest BCUT2D eigenvalue weighted by Gasteiger charge is -2.15. The fraction of sp³-hybridized carbons (Fsp3) is 0.250. The van der Waals surface area contributed by atoms with E-state index >= 15 is 0 Å². The van der Waals surface area contributed by atoms with Crippen molar-refractivity contribution in [1.29, 1.82) is 0 Å². The lowest BCUT2D eigenvalue weighted by molar-refractivity contribution is 0.174. The van der Waals surface area contributed by atoms with Gasteiger partial charge in [0.15, 0.2) is 23.0 Å². The standard InChI is InChI=1S/C28H25BrIN3O5/c1-3-5-26-32-22-8-7-19(29)13-20(22)28(34)33(26)31-14-18-10-21(30)27(25(12-18)35-4-2)36-15-17-6-9-23-24(11-17)38-16-37-23/h6-14H,3-5,15-16H2,1-2H3. The molecule has 3 aromatic carbocycles. The number of nitrogens with zero attached hydrogens (tertiary/aromatic N) is 3. The summed E-state index contributed by atoms with van der Waals surface area (Å²) < 4.78 is 26.0. The summed E-state index contributed by atoms with van der Waals surface area (Å²) in [6, 6.07) is 15.0. The zero-order valence-electron chi connectivity index (χ0n) is 20.9. The Balaban J connectivity index is 1.45. The van der Waals surface area contributed by atoms with E-state index in [0.29, 0.717) is 53.6 Å². The van der Waals surface area contributed by atoms with Crippen molar-refractivity contribution in [3.05, 3.63) is 83.9 Å². The highest BCUT2D eigenvalue weighted by molar-refractivity contribution is 14.1. The Morgan fingerprint density at radius 3 is 2.76 bits per heavy atom. The molecule has 0 atom stereocenters. The van der Waals surface area contributed by atoms with E-state index in [2.05, 4.69) is 43.6 Å². The first-order valence-electron chi connectivity index (χ1n) is 12.2. The molecule has 5 rings (SSSR count). The smallest absolute Gasteiger partial charge is 0.282 e. The molecule has 38 heavy (non-hydrogen) atoms. The number of halogens is 2. The Hall–Kier alpha value is -3.12. The van der Waals surface area contributed by atoms with E-state index in [0.717, 1.165) is 31.3 Å². The molecule has 0 radical (unpaired) electrons. The maximum absolute atomic E-state index is 13.3. The van der Waals surface area contributed by atoms with Crippen molar-refractivity contribution in [2.24, 2.45) is 5.10 Å². The van der Waals surface area contributed by atoms with E-state index in [1.165, 1.54) is 4.68 Å². The SMILES string of the molecule is CCCc1nc2ccc(Br)cc2c(=O)n1N=Cc1cc(I)c(OCc2ccc3c(c2)OCO3)c(OCC)c1. The van der Waals surface area contributed by atoms with Crippen molar-refractivity contribution >= 4 is 55.6 Å². The van der Waals surface area contributed by atoms with Crippen molar-refractivity contribution in [2.75, 3.05) is 13.4 Å². The van der Waals surface area contributed by atoms with Crippen LogP contribution in [-0.2, 0) is 13.0 Å². The number of ether oxygens (including phenoxy) is 4. The minimum atomic E-state index is -0.209. The van der Waals surface area contributed by atoms with Crippen LogP contribution in [0.15, 0.2) is 62.9 Å². The number of benzene rings is 3. The maximum Gasteiger partial charge on any atom is 0.282 e. The number of aromatic nitrogens is 2. The predicted molar refractivity (Wildman–Crippen MR) is 158 cm³/mol. The van der Waals surface area contributed by atoms with Gasteiger partial charge in [0.05, 0.1) is 27.3 Å². The van der Waals surface area contributed by atoms with Gasteiger partial charge in [-0.1, -0.05) is 28.9 Å². The molecule has 0 unspecified atom stereocenters. The average Bonchev–Trinajstić information content (AvgIpc) is 3.37. The van der Waals surface area contributed by atoms with E-state index in [1.807, 2.05) is 56.3 Å². The van der Waals surface area contributed by atoms with Crippen LogP contribution in [-0.4, -0.2) is 29.3 Å². The largest absolute Gasteiger partial charge is 0.490 e. The van der Waals surface area contributed by atoms with Crippen molar-refractivity contribution in [1.82, 2.24) is 9.66 Å². The first-order valence-corrected chi connectivity index (χ1v) is 14.1. The number of hydrogen-bond donors (Lipinski definition) is 0. The molecule has 1 aromatic heterocycles. The second kappa shape index (κ2) is 11.7. The first-order chi connectivity index (χ1) is 18.5. The molecule has 2 heterocycles. The average molecular weight is 690 g/mol. The molecule has 10 heteroatoms. The third-order valence-corrected chi connectivity index (χ3v) is 7.12. The number of fused-ring (bicyclic) bond motifs is 2. The topological polar surface area (TPSA) is 84.2 Å². The molecule has 1 aliphatic heterocycles. The summed E-state index contributed by atoms with van der Waals surface area (Å²) >= 11 is 5.66. The Bertz CT molecular complexity index is 1590. The van der Waals surface area contributed by atoms with Crippen LogP contribution >= 0.6 is 38.5 Å². The molecule has 1 aliphatic rings. The molecule has 0 amide bonds. The third kappa shape index (κ3) is 5.65. The molecular formula is C28H25BrIN3O5. The summed E-state index contributed by atoms with van der Waals surface area (Å²) in [5.41, 5.74) is 2.18. The molecule has 0 saturated carbocycles. The molecule has 0 saturated heterocycles. The summed E-state index contributed by atoms with van der Waals surface area (Å²) in [7, 11) is 0. The third-order valence-electron chi connectivity index (χ3n) is 5.82. The highest BCUT2D eigenvalue weighted by Crippen LogP contribution is 2.36. The van der Waals surface area contributed by atoms with Gasteiger partial charge in [0.1, 0.15) is 12.4 Å². The zero-order chi connectivity index (χ0) is 26.6. The zero-order valence-corrected chi connectivity index (χ0v) is 24.6. The summed E-state index contributed by atoms with van der Waals surface area (Å²) in [6.07, 6.45) is 3.12. The van der Waals surface area contributed by atoms with Gasteiger partial charge < -0.3 is 18.9 Å². The molecule has 0 aliphatic carbocycles. The van der Waals surface area contributed by atoms with Crippen LogP contribution < -0.4 is 24.5 Å². The minimum absolute atomic E-state index is 0.209. The van der Waals surface area contributed by atoms with Crippen LogP contribution in [0.25, 0.3) is 10.9 Å². The van der Waals surface area contributed by atoms with Gasteiger partial charge in [0.2, 0.25) is 6.79 Å². The Labute approximate surface area is 241 Å². The summed E-state index contributed by atoms with van der Waals surface area (Å²) in [6.45, 7) is 5.01. The van der Waals surface area contributed by atoms with Crippen LogP contribution in [0.2, 0.25) is 0 Å². The van der Waals surface area contributed by atoms with Crippen molar-refractivity contribution in [3.63, 3.8) is 0 Å². The van der Waals surface area contributed by atoms with Crippen LogP contribution in [0.1, 0.15) is 37.2 Å². The van der Waals surface area contributed by atoms with Gasteiger partial charge in [0.25, 0.3) is 5.56 Å². The first kappa shape index (κ1) is 26.5. The van der Waals surface area contributed by atoms with Gasteiger partial charge >= 0.3 is 0 Å². The Morgan fingerprint density at radius 2 is 1.95 bits per heavy atom. The van der Waals surface area contributed by atoms with Crippen LogP contribution in [0.3, 0.4) is 0 Å². The monoisotopic (exact) mass is 689 g/mol. The van der Waals surface area contributed by atoms with Crippen LogP contribution in [0, 0.1) is 3.57 Å². The van der Waals surface area contributed by atoms with E-state index in [-0.39, 0.29) is 12.4 Å².